The smallest absolute Gasteiger partial charge is 0.0535 e. The second-order valence-electron chi connectivity index (χ2n) is 5.12. The molecule has 1 unspecified atom stereocenters. The molecule has 0 amide bonds. The van der Waals surface area contributed by atoms with Gasteiger partial charge in [-0.2, -0.15) is 5.10 Å². The largest absolute Gasteiger partial charge is 0.313 e. The van der Waals surface area contributed by atoms with E-state index in [-0.39, 0.29) is 0 Å². The van der Waals surface area contributed by atoms with E-state index >= 15 is 0 Å². The van der Waals surface area contributed by atoms with Crippen LogP contribution >= 0.6 is 0 Å². The van der Waals surface area contributed by atoms with E-state index in [4.69, 9.17) is 0 Å². The Morgan fingerprint density at radius 1 is 1.37 bits per heavy atom. The van der Waals surface area contributed by atoms with E-state index < -0.39 is 0 Å². The first-order valence-corrected chi connectivity index (χ1v) is 6.85. The quantitative estimate of drug-likeness (QED) is 0.787. The minimum atomic E-state index is 0.417. The highest BCUT2D eigenvalue weighted by atomic mass is 15.1. The van der Waals surface area contributed by atoms with E-state index in [9.17, 15) is 0 Å². The van der Waals surface area contributed by atoms with Gasteiger partial charge in [-0.3, -0.25) is 5.10 Å². The van der Waals surface area contributed by atoms with Gasteiger partial charge in [-0.1, -0.05) is 24.3 Å². The number of hydrogen-bond donors (Lipinski definition) is 3. The molecule has 3 N–H and O–H groups in total. The van der Waals surface area contributed by atoms with Crippen LogP contribution in [0.5, 0.6) is 0 Å². The number of hydrogen-bond acceptors (Lipinski definition) is 3. The van der Waals surface area contributed by atoms with E-state index in [0.29, 0.717) is 6.04 Å². The first kappa shape index (κ1) is 12.4. The number of fused-ring (bicyclic) bond motifs is 1. The fraction of sp³-hybridized carbons (Fsp3) is 0.400. The van der Waals surface area contributed by atoms with Crippen LogP contribution in [-0.2, 0) is 13.1 Å². The molecule has 4 nitrogen and oxygen atoms in total. The normalized spacial score (nSPS) is 18.9. The summed E-state index contributed by atoms with van der Waals surface area (Å²) in [6, 6.07) is 9.11. The third-order valence-corrected chi connectivity index (χ3v) is 3.83. The third-order valence-electron chi connectivity index (χ3n) is 3.83. The van der Waals surface area contributed by atoms with E-state index in [1.807, 2.05) is 6.20 Å². The highest BCUT2D eigenvalue weighted by Gasteiger charge is 2.17. The summed E-state index contributed by atoms with van der Waals surface area (Å²) in [6.45, 7) is 4.95. The minimum absolute atomic E-state index is 0.417. The Hall–Kier alpha value is -1.65. The minimum Gasteiger partial charge on any atom is -0.313 e. The highest BCUT2D eigenvalue weighted by molar-refractivity contribution is 5.31. The molecule has 1 aromatic heterocycles. The molecule has 3 rings (SSSR count). The molecule has 19 heavy (non-hydrogen) atoms. The number of nitrogens with one attached hydrogen (secondary N) is 3. The van der Waals surface area contributed by atoms with Gasteiger partial charge in [0.2, 0.25) is 0 Å². The van der Waals surface area contributed by atoms with Crippen molar-refractivity contribution in [2.45, 2.75) is 32.5 Å². The van der Waals surface area contributed by atoms with Gasteiger partial charge in [-0.05, 0) is 31.0 Å². The van der Waals surface area contributed by atoms with Gasteiger partial charge in [0.15, 0.2) is 0 Å². The van der Waals surface area contributed by atoms with Crippen LogP contribution in [0.2, 0.25) is 0 Å². The Morgan fingerprint density at radius 2 is 2.26 bits per heavy atom. The zero-order chi connectivity index (χ0) is 13.1. The molecule has 0 bridgehead atoms. The molecule has 1 aliphatic heterocycles. The number of aryl methyl sites for hydroxylation is 1. The summed E-state index contributed by atoms with van der Waals surface area (Å²) in [4.78, 5) is 0. The van der Waals surface area contributed by atoms with Crippen LogP contribution in [-0.4, -0.2) is 16.7 Å². The third kappa shape index (κ3) is 2.69. The van der Waals surface area contributed by atoms with Crippen molar-refractivity contribution in [3.63, 3.8) is 0 Å². The van der Waals surface area contributed by atoms with E-state index in [1.165, 1.54) is 16.7 Å². The monoisotopic (exact) mass is 256 g/mol. The zero-order valence-electron chi connectivity index (χ0n) is 11.2. The summed E-state index contributed by atoms with van der Waals surface area (Å²) in [6.07, 6.45) is 3.02. The average molecular weight is 256 g/mol. The van der Waals surface area contributed by atoms with Crippen LogP contribution in [0.1, 0.15) is 34.8 Å². The average Bonchev–Trinajstić information content (AvgIpc) is 2.73. The lowest BCUT2D eigenvalue weighted by molar-refractivity contribution is 0.495. The molecule has 2 aromatic rings. The summed E-state index contributed by atoms with van der Waals surface area (Å²) in [5, 5.41) is 14.2. The summed E-state index contributed by atoms with van der Waals surface area (Å²) in [5.74, 6) is 0. The number of benzene rings is 1. The number of nitrogens with zero attached hydrogens (tertiary/aromatic N) is 1. The molecule has 0 radical (unpaired) electrons. The molecule has 0 saturated carbocycles. The predicted molar refractivity (Wildman–Crippen MR) is 75.7 cm³/mol. The first-order chi connectivity index (χ1) is 9.34. The van der Waals surface area contributed by atoms with Crippen molar-refractivity contribution in [1.29, 1.82) is 0 Å². The van der Waals surface area contributed by atoms with Crippen molar-refractivity contribution >= 4 is 0 Å². The van der Waals surface area contributed by atoms with Crippen molar-refractivity contribution in [3.8, 4) is 0 Å². The van der Waals surface area contributed by atoms with E-state index in [0.717, 1.165) is 31.7 Å². The van der Waals surface area contributed by atoms with Crippen LogP contribution in [0.4, 0.5) is 0 Å². The van der Waals surface area contributed by atoms with Crippen molar-refractivity contribution in [2.75, 3.05) is 6.54 Å². The molecule has 100 valence electrons. The van der Waals surface area contributed by atoms with Gasteiger partial charge >= 0.3 is 0 Å². The topological polar surface area (TPSA) is 52.7 Å². The van der Waals surface area contributed by atoms with Gasteiger partial charge in [-0.25, -0.2) is 0 Å². The molecule has 4 heteroatoms. The second kappa shape index (κ2) is 5.55. The van der Waals surface area contributed by atoms with Crippen LogP contribution in [0, 0.1) is 6.92 Å². The molecular weight excluding hydrogens is 236 g/mol. The van der Waals surface area contributed by atoms with Crippen LogP contribution < -0.4 is 10.6 Å². The number of rotatable bonds is 3. The number of H-pyrrole nitrogens is 1. The van der Waals surface area contributed by atoms with Crippen molar-refractivity contribution in [3.05, 3.63) is 52.8 Å². The van der Waals surface area contributed by atoms with Gasteiger partial charge in [0.25, 0.3) is 0 Å². The molecule has 0 fully saturated rings. The van der Waals surface area contributed by atoms with Gasteiger partial charge < -0.3 is 10.6 Å². The summed E-state index contributed by atoms with van der Waals surface area (Å²) in [5.41, 5.74) is 5.22. The molecule has 0 spiro atoms. The van der Waals surface area contributed by atoms with Gasteiger partial charge in [0.05, 0.1) is 6.20 Å². The van der Waals surface area contributed by atoms with E-state index in [1.54, 1.807) is 0 Å². The molecule has 2 heterocycles. The Kier molecular flexibility index (Phi) is 3.62. The highest BCUT2D eigenvalue weighted by Crippen LogP contribution is 2.23. The van der Waals surface area contributed by atoms with Crippen LogP contribution in [0.3, 0.4) is 0 Å². The SMILES string of the molecule is Cc1[nH]ncc1CNC1CCNCc2ccccc21. The van der Waals surface area contributed by atoms with E-state index in [2.05, 4.69) is 52.0 Å². The first-order valence-electron chi connectivity index (χ1n) is 6.85. The molecule has 1 aromatic carbocycles. The van der Waals surface area contributed by atoms with Gasteiger partial charge in [-0.15, -0.1) is 0 Å². The molecule has 0 saturated heterocycles. The molecule has 0 aliphatic carbocycles. The van der Waals surface area contributed by atoms with Crippen LogP contribution in [0.15, 0.2) is 30.5 Å². The molecular formula is C15H20N4. The van der Waals surface area contributed by atoms with Gasteiger partial charge in [0, 0.05) is 30.4 Å². The zero-order valence-corrected chi connectivity index (χ0v) is 11.2. The Labute approximate surface area is 113 Å². The Bertz CT molecular complexity index is 547. The van der Waals surface area contributed by atoms with Crippen molar-refractivity contribution < 1.29 is 0 Å². The lowest BCUT2D eigenvalue weighted by Gasteiger charge is -2.18. The molecule has 1 aliphatic rings. The molecule has 1 atom stereocenters. The standard InChI is InChI=1S/C15H20N4/c1-11-13(10-18-19-11)9-17-15-6-7-16-8-12-4-2-3-5-14(12)15/h2-5,10,15-17H,6-9H2,1H3,(H,18,19). The fourth-order valence-electron chi connectivity index (χ4n) is 2.66. The Morgan fingerprint density at radius 3 is 3.11 bits per heavy atom. The van der Waals surface area contributed by atoms with Gasteiger partial charge in [0.1, 0.15) is 0 Å². The Balaban J connectivity index is 1.75. The second-order valence-corrected chi connectivity index (χ2v) is 5.12. The lowest BCUT2D eigenvalue weighted by Crippen LogP contribution is -2.22. The predicted octanol–water partition coefficient (Wildman–Crippen LogP) is 2.04. The van der Waals surface area contributed by atoms with Crippen molar-refractivity contribution in [1.82, 2.24) is 20.8 Å². The van der Waals surface area contributed by atoms with Crippen molar-refractivity contribution in [2.24, 2.45) is 0 Å². The fourth-order valence-corrected chi connectivity index (χ4v) is 2.66. The lowest BCUT2D eigenvalue weighted by atomic mass is 9.99. The summed E-state index contributed by atoms with van der Waals surface area (Å²) in [7, 11) is 0. The summed E-state index contributed by atoms with van der Waals surface area (Å²) >= 11 is 0. The van der Waals surface area contributed by atoms with Crippen LogP contribution in [0.25, 0.3) is 0 Å². The maximum absolute atomic E-state index is 4.07. The maximum atomic E-state index is 4.07. The maximum Gasteiger partial charge on any atom is 0.0535 e. The number of aromatic nitrogens is 2. The summed E-state index contributed by atoms with van der Waals surface area (Å²) < 4.78 is 0. The number of aromatic amines is 1.